The highest BCUT2D eigenvalue weighted by Crippen LogP contribution is 2.31. The smallest absolute Gasteiger partial charge is 0.182 e. The van der Waals surface area contributed by atoms with Crippen molar-refractivity contribution in [2.24, 2.45) is 4.99 Å². The summed E-state index contributed by atoms with van der Waals surface area (Å²) in [5.74, 6) is 0.309. The Bertz CT molecular complexity index is 964. The fourth-order valence-corrected chi connectivity index (χ4v) is 3.70. The Morgan fingerprint density at radius 1 is 1.30 bits per heavy atom. The van der Waals surface area contributed by atoms with Gasteiger partial charge in [-0.1, -0.05) is 6.07 Å². The van der Waals surface area contributed by atoms with Crippen molar-refractivity contribution in [2.45, 2.75) is 12.8 Å². The first-order valence-corrected chi connectivity index (χ1v) is 9.31. The topological polar surface area (TPSA) is 79.0 Å². The molecule has 27 heavy (non-hydrogen) atoms. The number of likely N-dealkylation sites (N-methyl/N-ethyl adjacent to an activating group) is 1. The molecule has 140 valence electrons. The van der Waals surface area contributed by atoms with Gasteiger partial charge in [-0.3, -0.25) is 4.79 Å². The van der Waals surface area contributed by atoms with Gasteiger partial charge in [0.1, 0.15) is 17.2 Å². The first kappa shape index (κ1) is 17.5. The number of nitrogens with zero attached hydrogens (tertiary/aromatic N) is 4. The summed E-state index contributed by atoms with van der Waals surface area (Å²) < 4.78 is 2.85. The number of aliphatic imine (C=N–C) groups is 1. The van der Waals surface area contributed by atoms with E-state index in [4.69, 9.17) is 0 Å². The average Bonchev–Trinajstić information content (AvgIpc) is 3.22. The lowest BCUT2D eigenvalue weighted by atomic mass is 10.1. The SMILES string of the molecule is C[N+]1(CCNc2nn3ccccc3c2/N=C2\C=CC(=O)C=C2O)CCCC1. The predicted octanol–water partition coefficient (Wildman–Crippen LogP) is 2.64. The van der Waals surface area contributed by atoms with Crippen molar-refractivity contribution in [3.63, 3.8) is 0 Å². The molecule has 0 aromatic carbocycles. The normalized spacial score (nSPS) is 20.4. The van der Waals surface area contributed by atoms with Crippen LogP contribution in [0.2, 0.25) is 0 Å². The number of fused-ring (bicyclic) bond motifs is 1. The second kappa shape index (κ2) is 7.00. The summed E-state index contributed by atoms with van der Waals surface area (Å²) in [6.45, 7) is 4.27. The summed E-state index contributed by atoms with van der Waals surface area (Å²) in [4.78, 5) is 16.0. The highest BCUT2D eigenvalue weighted by molar-refractivity contribution is 6.19. The van der Waals surface area contributed by atoms with E-state index < -0.39 is 0 Å². The molecular formula is C20H24N5O2+. The molecule has 2 N–H and O–H groups in total. The number of aliphatic hydroxyl groups excluding tert-OH is 1. The molecule has 7 nitrogen and oxygen atoms in total. The lowest BCUT2D eigenvalue weighted by Crippen LogP contribution is -2.44. The van der Waals surface area contributed by atoms with Gasteiger partial charge >= 0.3 is 0 Å². The van der Waals surface area contributed by atoms with Crippen LogP contribution in [0.15, 0.2) is 53.4 Å². The number of nitrogens with one attached hydrogen (secondary N) is 1. The zero-order valence-electron chi connectivity index (χ0n) is 15.4. The Morgan fingerprint density at radius 2 is 2.11 bits per heavy atom. The van der Waals surface area contributed by atoms with Gasteiger partial charge in [0.05, 0.1) is 38.7 Å². The minimum Gasteiger partial charge on any atom is -0.506 e. The van der Waals surface area contributed by atoms with Crippen LogP contribution in [0.5, 0.6) is 0 Å². The largest absolute Gasteiger partial charge is 0.506 e. The van der Waals surface area contributed by atoms with E-state index in [0.29, 0.717) is 17.2 Å². The highest BCUT2D eigenvalue weighted by atomic mass is 16.3. The van der Waals surface area contributed by atoms with Gasteiger partial charge in [-0.2, -0.15) is 0 Å². The van der Waals surface area contributed by atoms with Crippen molar-refractivity contribution in [3.05, 3.63) is 48.4 Å². The summed E-state index contributed by atoms with van der Waals surface area (Å²) in [5.41, 5.74) is 1.86. The maximum atomic E-state index is 11.4. The van der Waals surface area contributed by atoms with Crippen molar-refractivity contribution in [1.29, 1.82) is 0 Å². The Morgan fingerprint density at radius 3 is 2.89 bits per heavy atom. The minimum absolute atomic E-state index is 0.126. The van der Waals surface area contributed by atoms with Crippen LogP contribution in [0.4, 0.5) is 11.5 Å². The Kier molecular flexibility index (Phi) is 4.53. The van der Waals surface area contributed by atoms with Crippen molar-refractivity contribution in [1.82, 2.24) is 9.61 Å². The van der Waals surface area contributed by atoms with Gasteiger partial charge in [0, 0.05) is 25.1 Å². The molecule has 0 spiro atoms. The molecule has 2 aromatic heterocycles. The first-order chi connectivity index (χ1) is 13.0. The van der Waals surface area contributed by atoms with E-state index in [2.05, 4.69) is 22.5 Å². The average molecular weight is 366 g/mol. The van der Waals surface area contributed by atoms with Crippen LogP contribution in [-0.2, 0) is 4.79 Å². The monoisotopic (exact) mass is 366 g/mol. The molecule has 0 unspecified atom stereocenters. The number of allylic oxidation sites excluding steroid dienone is 3. The van der Waals surface area contributed by atoms with Crippen LogP contribution in [0.3, 0.4) is 0 Å². The fraction of sp³-hybridized carbons (Fsp3) is 0.350. The number of hydrogen-bond donors (Lipinski definition) is 2. The number of likely N-dealkylation sites (tertiary alicyclic amines) is 1. The van der Waals surface area contributed by atoms with Crippen LogP contribution < -0.4 is 5.32 Å². The second-order valence-corrected chi connectivity index (χ2v) is 7.41. The summed E-state index contributed by atoms with van der Waals surface area (Å²) >= 11 is 0. The third-order valence-corrected chi connectivity index (χ3v) is 5.28. The quantitative estimate of drug-likeness (QED) is 0.630. The van der Waals surface area contributed by atoms with E-state index in [1.165, 1.54) is 44.2 Å². The molecule has 1 fully saturated rings. The molecular weight excluding hydrogens is 342 g/mol. The number of rotatable bonds is 5. The molecule has 0 atom stereocenters. The summed E-state index contributed by atoms with van der Waals surface area (Å²) in [7, 11) is 2.30. The lowest BCUT2D eigenvalue weighted by Gasteiger charge is -2.29. The third-order valence-electron chi connectivity index (χ3n) is 5.28. The highest BCUT2D eigenvalue weighted by Gasteiger charge is 2.26. The number of aliphatic hydroxyl groups is 1. The van der Waals surface area contributed by atoms with E-state index in [9.17, 15) is 9.90 Å². The van der Waals surface area contributed by atoms with Gasteiger partial charge in [-0.15, -0.1) is 5.10 Å². The van der Waals surface area contributed by atoms with Gasteiger partial charge in [0.15, 0.2) is 11.6 Å². The molecule has 0 saturated carbocycles. The van der Waals surface area contributed by atoms with E-state index in [1.807, 2.05) is 24.4 Å². The second-order valence-electron chi connectivity index (χ2n) is 7.41. The number of hydrogen-bond acceptors (Lipinski definition) is 5. The number of carbonyl (C=O) groups excluding carboxylic acids is 1. The zero-order valence-corrected chi connectivity index (χ0v) is 15.4. The number of aromatic nitrogens is 2. The first-order valence-electron chi connectivity index (χ1n) is 9.31. The fourth-order valence-electron chi connectivity index (χ4n) is 3.70. The molecule has 2 aliphatic rings. The molecule has 7 heteroatoms. The molecule has 0 bridgehead atoms. The number of anilines is 1. The standard InChI is InChI=1S/C20H23N5O2/c1-25(11-4-5-12-25)13-9-21-20-19(17-6-2-3-10-24(17)23-20)22-16-8-7-15(26)14-18(16)27/h2-3,6-8,10,14H,4-5,9,11-13H2,1H3,(H-,21,23,26,27)/p+1/b22-16+. The molecule has 3 heterocycles. The third kappa shape index (κ3) is 3.64. The van der Waals surface area contributed by atoms with Crippen LogP contribution >= 0.6 is 0 Å². The van der Waals surface area contributed by atoms with Crippen molar-refractivity contribution < 1.29 is 14.4 Å². The van der Waals surface area contributed by atoms with Crippen LogP contribution in [0.25, 0.3) is 5.52 Å². The Labute approximate surface area is 157 Å². The number of quaternary nitrogens is 1. The molecule has 0 amide bonds. The van der Waals surface area contributed by atoms with Crippen LogP contribution in [0, 0.1) is 0 Å². The maximum Gasteiger partial charge on any atom is 0.182 e. The van der Waals surface area contributed by atoms with Gasteiger partial charge in [0.25, 0.3) is 0 Å². The number of carbonyl (C=O) groups is 1. The molecule has 1 aliphatic heterocycles. The van der Waals surface area contributed by atoms with Gasteiger partial charge < -0.3 is 14.9 Å². The predicted molar refractivity (Wildman–Crippen MR) is 106 cm³/mol. The lowest BCUT2D eigenvalue weighted by molar-refractivity contribution is -0.895. The molecule has 2 aromatic rings. The molecule has 1 saturated heterocycles. The van der Waals surface area contributed by atoms with Gasteiger partial charge in [-0.05, 0) is 24.3 Å². The van der Waals surface area contributed by atoms with E-state index in [1.54, 1.807) is 4.52 Å². The van der Waals surface area contributed by atoms with Crippen LogP contribution in [0.1, 0.15) is 12.8 Å². The van der Waals surface area contributed by atoms with E-state index in [0.717, 1.165) is 23.1 Å². The molecule has 0 radical (unpaired) electrons. The van der Waals surface area contributed by atoms with Crippen molar-refractivity contribution in [3.8, 4) is 0 Å². The number of pyridine rings is 1. The van der Waals surface area contributed by atoms with Gasteiger partial charge in [0.2, 0.25) is 0 Å². The number of ketones is 1. The van der Waals surface area contributed by atoms with Crippen LogP contribution in [-0.4, -0.2) is 63.9 Å². The Balaban J connectivity index is 1.62. The van der Waals surface area contributed by atoms with Crippen molar-refractivity contribution >= 4 is 28.5 Å². The molecule has 4 rings (SSSR count). The minimum atomic E-state index is -0.243. The van der Waals surface area contributed by atoms with Gasteiger partial charge in [-0.25, -0.2) is 9.51 Å². The van der Waals surface area contributed by atoms with E-state index >= 15 is 0 Å². The Hall–Kier alpha value is -2.93. The zero-order chi connectivity index (χ0) is 18.9. The summed E-state index contributed by atoms with van der Waals surface area (Å²) in [5, 5.41) is 18.1. The van der Waals surface area contributed by atoms with Crippen molar-refractivity contribution in [2.75, 3.05) is 38.5 Å². The maximum absolute atomic E-state index is 11.4. The summed E-state index contributed by atoms with van der Waals surface area (Å²) in [6, 6.07) is 5.77. The van der Waals surface area contributed by atoms with E-state index in [-0.39, 0.29) is 11.5 Å². The summed E-state index contributed by atoms with van der Waals surface area (Å²) in [6.07, 6.45) is 8.56. The molecule has 1 aliphatic carbocycles.